The maximum Gasteiger partial charge on any atom is 0.321 e. The van der Waals surface area contributed by atoms with Gasteiger partial charge >= 0.3 is 6.01 Å². The standard InChI is InChI=1S/C11H15N3O2/c1-2-6(1)12-11-13-10(14-16-11)8-5-7-3-4-9(8)15-7/h6-9H,1-5H2,(H,12,13,14). The molecule has 0 radical (unpaired) electrons. The Labute approximate surface area is 93.5 Å². The van der Waals surface area contributed by atoms with Crippen LogP contribution >= 0.6 is 0 Å². The molecule has 2 aliphatic heterocycles. The number of nitrogens with zero attached hydrogens (tertiary/aromatic N) is 2. The number of hydrogen-bond donors (Lipinski definition) is 1. The van der Waals surface area contributed by atoms with Crippen LogP contribution in [0.4, 0.5) is 6.01 Å². The van der Waals surface area contributed by atoms with Gasteiger partial charge in [-0.25, -0.2) is 0 Å². The van der Waals surface area contributed by atoms with Gasteiger partial charge in [-0.1, -0.05) is 5.16 Å². The number of rotatable bonds is 3. The average molecular weight is 221 g/mol. The fourth-order valence-electron chi connectivity index (χ4n) is 2.76. The topological polar surface area (TPSA) is 60.2 Å². The molecule has 1 aromatic rings. The molecule has 1 aliphatic carbocycles. The van der Waals surface area contributed by atoms with E-state index >= 15 is 0 Å². The second-order valence-corrected chi connectivity index (χ2v) is 5.09. The normalized spacial score (nSPS) is 36.9. The van der Waals surface area contributed by atoms with Gasteiger partial charge in [0, 0.05) is 6.04 Å². The Bertz CT molecular complexity index is 402. The van der Waals surface area contributed by atoms with Crippen LogP contribution in [-0.4, -0.2) is 28.4 Å². The molecule has 4 rings (SSSR count). The summed E-state index contributed by atoms with van der Waals surface area (Å²) in [5.74, 6) is 1.19. The first-order chi connectivity index (χ1) is 7.88. The Hall–Kier alpha value is -1.10. The quantitative estimate of drug-likeness (QED) is 0.841. The first-order valence-corrected chi connectivity index (χ1v) is 6.14. The van der Waals surface area contributed by atoms with Crippen LogP contribution in [0.3, 0.4) is 0 Å². The zero-order valence-corrected chi connectivity index (χ0v) is 9.06. The molecule has 0 aromatic carbocycles. The molecular weight excluding hydrogens is 206 g/mol. The molecule has 3 atom stereocenters. The summed E-state index contributed by atoms with van der Waals surface area (Å²) in [6.07, 6.45) is 6.61. The van der Waals surface area contributed by atoms with Gasteiger partial charge in [0.05, 0.1) is 18.1 Å². The Balaban J connectivity index is 1.51. The van der Waals surface area contributed by atoms with Crippen LogP contribution in [0.2, 0.25) is 0 Å². The molecule has 2 saturated heterocycles. The fraction of sp³-hybridized carbons (Fsp3) is 0.818. The molecule has 0 spiro atoms. The molecule has 1 N–H and O–H groups in total. The predicted octanol–water partition coefficient (Wildman–Crippen LogP) is 1.68. The largest absolute Gasteiger partial charge is 0.374 e. The lowest BCUT2D eigenvalue weighted by Crippen LogP contribution is -2.15. The molecule has 86 valence electrons. The highest BCUT2D eigenvalue weighted by molar-refractivity contribution is 5.24. The summed E-state index contributed by atoms with van der Waals surface area (Å²) in [5.41, 5.74) is 0. The molecular formula is C11H15N3O2. The summed E-state index contributed by atoms with van der Waals surface area (Å²) in [6.45, 7) is 0. The number of anilines is 1. The molecule has 0 amide bonds. The van der Waals surface area contributed by atoms with Crippen molar-refractivity contribution in [1.82, 2.24) is 10.1 Å². The van der Waals surface area contributed by atoms with Crippen LogP contribution in [0, 0.1) is 0 Å². The molecule has 3 heterocycles. The van der Waals surface area contributed by atoms with Crippen molar-refractivity contribution in [2.45, 2.75) is 56.3 Å². The molecule has 16 heavy (non-hydrogen) atoms. The van der Waals surface area contributed by atoms with Crippen molar-refractivity contribution in [3.63, 3.8) is 0 Å². The summed E-state index contributed by atoms with van der Waals surface area (Å²) < 4.78 is 11.0. The van der Waals surface area contributed by atoms with Gasteiger partial charge in [0.15, 0.2) is 5.82 Å². The number of nitrogens with one attached hydrogen (secondary N) is 1. The Kier molecular flexibility index (Phi) is 1.80. The van der Waals surface area contributed by atoms with Crippen LogP contribution in [0.1, 0.15) is 43.8 Å². The SMILES string of the molecule is C1CC1Nc1nc(C2CC3CCC2O3)no1. The number of hydrogen-bond acceptors (Lipinski definition) is 5. The van der Waals surface area contributed by atoms with Crippen LogP contribution < -0.4 is 5.32 Å². The van der Waals surface area contributed by atoms with Crippen LogP contribution in [0.15, 0.2) is 4.52 Å². The minimum Gasteiger partial charge on any atom is -0.374 e. The van der Waals surface area contributed by atoms with Crippen LogP contribution in [-0.2, 0) is 4.74 Å². The summed E-state index contributed by atoms with van der Waals surface area (Å²) >= 11 is 0. The summed E-state index contributed by atoms with van der Waals surface area (Å²) in [7, 11) is 0. The maximum atomic E-state index is 5.80. The molecule has 3 fully saturated rings. The number of aromatic nitrogens is 2. The van der Waals surface area contributed by atoms with Gasteiger partial charge in [0.2, 0.25) is 0 Å². The minimum atomic E-state index is 0.330. The van der Waals surface area contributed by atoms with E-state index in [0.29, 0.717) is 30.2 Å². The molecule has 5 nitrogen and oxygen atoms in total. The van der Waals surface area contributed by atoms with Crippen molar-refractivity contribution >= 4 is 6.01 Å². The highest BCUT2D eigenvalue weighted by atomic mass is 16.5. The summed E-state index contributed by atoms with van der Waals surface area (Å²) in [4.78, 5) is 4.42. The molecule has 3 aliphatic rings. The minimum absolute atomic E-state index is 0.330. The van der Waals surface area contributed by atoms with E-state index in [2.05, 4.69) is 15.5 Å². The highest BCUT2D eigenvalue weighted by Gasteiger charge is 2.43. The van der Waals surface area contributed by atoms with Crippen LogP contribution in [0.5, 0.6) is 0 Å². The third-order valence-electron chi connectivity index (χ3n) is 3.78. The third kappa shape index (κ3) is 1.42. The second kappa shape index (κ2) is 3.20. The lowest BCUT2D eigenvalue weighted by atomic mass is 9.89. The lowest BCUT2D eigenvalue weighted by molar-refractivity contribution is 0.0996. The molecule has 5 heteroatoms. The summed E-state index contributed by atoms with van der Waals surface area (Å²) in [5, 5.41) is 7.29. The van der Waals surface area contributed by atoms with Gasteiger partial charge < -0.3 is 14.6 Å². The van der Waals surface area contributed by atoms with Crippen molar-refractivity contribution in [2.75, 3.05) is 5.32 Å². The van der Waals surface area contributed by atoms with Crippen molar-refractivity contribution in [2.24, 2.45) is 0 Å². The molecule has 1 aromatic heterocycles. The van der Waals surface area contributed by atoms with E-state index in [9.17, 15) is 0 Å². The van der Waals surface area contributed by atoms with Gasteiger partial charge in [-0.3, -0.25) is 0 Å². The van der Waals surface area contributed by atoms with E-state index in [0.717, 1.165) is 18.7 Å². The van der Waals surface area contributed by atoms with Crippen LogP contribution in [0.25, 0.3) is 0 Å². The monoisotopic (exact) mass is 221 g/mol. The zero-order valence-electron chi connectivity index (χ0n) is 9.06. The van der Waals surface area contributed by atoms with E-state index < -0.39 is 0 Å². The molecule has 3 unspecified atom stereocenters. The second-order valence-electron chi connectivity index (χ2n) is 5.09. The summed E-state index contributed by atoms with van der Waals surface area (Å²) in [6, 6.07) is 1.14. The molecule has 1 saturated carbocycles. The lowest BCUT2D eigenvalue weighted by Gasteiger charge is -2.13. The Morgan fingerprint density at radius 3 is 2.81 bits per heavy atom. The van der Waals surface area contributed by atoms with Gasteiger partial charge in [-0.15, -0.1) is 0 Å². The third-order valence-corrected chi connectivity index (χ3v) is 3.78. The van der Waals surface area contributed by atoms with Crippen molar-refractivity contribution in [3.05, 3.63) is 5.82 Å². The van der Waals surface area contributed by atoms with E-state index in [4.69, 9.17) is 9.26 Å². The fourth-order valence-corrected chi connectivity index (χ4v) is 2.76. The highest BCUT2D eigenvalue weighted by Crippen LogP contribution is 2.43. The van der Waals surface area contributed by atoms with Crippen molar-refractivity contribution < 1.29 is 9.26 Å². The number of ether oxygens (including phenoxy) is 1. The average Bonchev–Trinajstić information content (AvgIpc) is 2.74. The Morgan fingerprint density at radius 1 is 1.19 bits per heavy atom. The first kappa shape index (κ1) is 8.98. The van der Waals surface area contributed by atoms with Gasteiger partial charge in [-0.05, 0) is 32.1 Å². The first-order valence-electron chi connectivity index (χ1n) is 6.14. The van der Waals surface area contributed by atoms with Crippen molar-refractivity contribution in [3.8, 4) is 0 Å². The van der Waals surface area contributed by atoms with Crippen molar-refractivity contribution in [1.29, 1.82) is 0 Å². The molecule has 2 bridgehead atoms. The van der Waals surface area contributed by atoms with E-state index in [-0.39, 0.29) is 0 Å². The van der Waals surface area contributed by atoms with E-state index in [1.54, 1.807) is 0 Å². The number of fused-ring (bicyclic) bond motifs is 2. The Morgan fingerprint density at radius 2 is 2.12 bits per heavy atom. The van der Waals surface area contributed by atoms with Gasteiger partial charge in [0.25, 0.3) is 0 Å². The predicted molar refractivity (Wildman–Crippen MR) is 56.2 cm³/mol. The van der Waals surface area contributed by atoms with E-state index in [1.165, 1.54) is 19.3 Å². The van der Waals surface area contributed by atoms with E-state index in [1.807, 2.05) is 0 Å². The maximum absolute atomic E-state index is 5.80. The zero-order chi connectivity index (χ0) is 10.5. The smallest absolute Gasteiger partial charge is 0.321 e. The van der Waals surface area contributed by atoms with Gasteiger partial charge in [0.1, 0.15) is 0 Å². The van der Waals surface area contributed by atoms with Gasteiger partial charge in [-0.2, -0.15) is 4.98 Å².